The summed E-state index contributed by atoms with van der Waals surface area (Å²) in [6, 6.07) is 8.56. The van der Waals surface area contributed by atoms with Crippen molar-refractivity contribution >= 4 is 17.3 Å². The number of carbonyl (C=O) groups is 1. The highest BCUT2D eigenvalue weighted by atomic mass is 19.1. The molecule has 1 aliphatic heterocycles. The fourth-order valence-corrected chi connectivity index (χ4v) is 2.11. The van der Waals surface area contributed by atoms with Crippen LogP contribution in [-0.2, 0) is 11.3 Å². The highest BCUT2D eigenvalue weighted by Gasteiger charge is 2.15. The van der Waals surface area contributed by atoms with E-state index in [-0.39, 0.29) is 19.1 Å². The number of hydrogen-bond acceptors (Lipinski definition) is 3. The number of nitrogens with one attached hydrogen (secondary N) is 2. The summed E-state index contributed by atoms with van der Waals surface area (Å²) in [5.74, 6) is -0.848. The molecule has 2 aromatic carbocycles. The van der Waals surface area contributed by atoms with E-state index in [1.54, 1.807) is 18.2 Å². The van der Waals surface area contributed by atoms with E-state index in [9.17, 15) is 13.6 Å². The first-order chi connectivity index (χ1) is 10.1. The minimum absolute atomic E-state index is 0.00233. The molecule has 0 fully saturated rings. The highest BCUT2D eigenvalue weighted by molar-refractivity contribution is 5.96. The molecular weight excluding hydrogens is 278 g/mol. The maximum atomic E-state index is 13.1. The summed E-state index contributed by atoms with van der Waals surface area (Å²) >= 11 is 0. The van der Waals surface area contributed by atoms with E-state index in [1.807, 2.05) is 0 Å². The lowest BCUT2D eigenvalue weighted by atomic mass is 10.2. The van der Waals surface area contributed by atoms with Crippen LogP contribution in [0.4, 0.5) is 20.2 Å². The Bertz CT molecular complexity index is 684. The number of fused-ring (bicyclic) bond motifs is 1. The van der Waals surface area contributed by atoms with Gasteiger partial charge in [0.1, 0.15) is 17.4 Å². The molecule has 0 unspecified atom stereocenters. The number of amides is 1. The molecule has 0 spiro atoms. The second-order valence-corrected chi connectivity index (χ2v) is 4.68. The summed E-state index contributed by atoms with van der Waals surface area (Å²) in [5.41, 5.74) is 1.77. The maximum absolute atomic E-state index is 13.1. The Morgan fingerprint density at radius 1 is 1.14 bits per heavy atom. The van der Waals surface area contributed by atoms with Crippen LogP contribution in [-0.4, -0.2) is 12.5 Å². The minimum atomic E-state index is -0.613. The van der Waals surface area contributed by atoms with Crippen LogP contribution in [0.2, 0.25) is 0 Å². The van der Waals surface area contributed by atoms with E-state index in [2.05, 4.69) is 10.6 Å². The van der Waals surface area contributed by atoms with Crippen molar-refractivity contribution in [2.45, 2.75) is 6.54 Å². The van der Waals surface area contributed by atoms with Crippen LogP contribution in [0.5, 0.6) is 5.75 Å². The number of benzene rings is 2. The van der Waals surface area contributed by atoms with Gasteiger partial charge >= 0.3 is 0 Å². The largest absolute Gasteiger partial charge is 0.482 e. The topological polar surface area (TPSA) is 50.4 Å². The fourth-order valence-electron chi connectivity index (χ4n) is 2.11. The number of ether oxygens (including phenoxy) is 1. The standard InChI is InChI=1S/C15H12F2N2O2/c16-10-3-9(4-11(17)5-10)7-18-12-1-2-14-13(6-12)19-15(20)8-21-14/h1-6,18H,7-8H2,(H,19,20). The van der Waals surface area contributed by atoms with Crippen molar-refractivity contribution in [3.8, 4) is 5.75 Å². The van der Waals surface area contributed by atoms with Crippen LogP contribution in [0.15, 0.2) is 36.4 Å². The second kappa shape index (κ2) is 5.40. The van der Waals surface area contributed by atoms with Gasteiger partial charge in [-0.25, -0.2) is 8.78 Å². The Kier molecular flexibility index (Phi) is 3.43. The van der Waals surface area contributed by atoms with E-state index in [0.717, 1.165) is 6.07 Å². The van der Waals surface area contributed by atoms with Crippen molar-refractivity contribution in [1.29, 1.82) is 0 Å². The molecule has 21 heavy (non-hydrogen) atoms. The zero-order valence-corrected chi connectivity index (χ0v) is 11.0. The van der Waals surface area contributed by atoms with Gasteiger partial charge in [0.25, 0.3) is 5.91 Å². The first kappa shape index (κ1) is 13.4. The van der Waals surface area contributed by atoms with Gasteiger partial charge in [0, 0.05) is 18.3 Å². The molecule has 1 heterocycles. The smallest absolute Gasteiger partial charge is 0.262 e. The van der Waals surface area contributed by atoms with Crippen molar-refractivity contribution in [3.05, 3.63) is 53.6 Å². The lowest BCUT2D eigenvalue weighted by Gasteiger charge is -2.19. The van der Waals surface area contributed by atoms with Gasteiger partial charge in [0.2, 0.25) is 0 Å². The molecule has 0 aliphatic carbocycles. The normalized spacial score (nSPS) is 13.1. The van der Waals surface area contributed by atoms with E-state index in [0.29, 0.717) is 22.7 Å². The van der Waals surface area contributed by atoms with Gasteiger partial charge in [0.05, 0.1) is 5.69 Å². The van der Waals surface area contributed by atoms with E-state index < -0.39 is 11.6 Å². The Hall–Kier alpha value is -2.63. The molecule has 3 rings (SSSR count). The highest BCUT2D eigenvalue weighted by Crippen LogP contribution is 2.30. The van der Waals surface area contributed by atoms with Crippen LogP contribution in [0.3, 0.4) is 0 Å². The molecule has 4 nitrogen and oxygen atoms in total. The number of anilines is 2. The Balaban J connectivity index is 1.73. The van der Waals surface area contributed by atoms with E-state index in [4.69, 9.17) is 4.74 Å². The Labute approximate surface area is 119 Å². The summed E-state index contributed by atoms with van der Waals surface area (Å²) in [4.78, 5) is 11.3. The molecular formula is C15H12F2N2O2. The molecule has 0 bridgehead atoms. The fraction of sp³-hybridized carbons (Fsp3) is 0.133. The van der Waals surface area contributed by atoms with Gasteiger partial charge in [-0.1, -0.05) is 0 Å². The third-order valence-corrected chi connectivity index (χ3v) is 3.03. The zero-order chi connectivity index (χ0) is 14.8. The second-order valence-electron chi connectivity index (χ2n) is 4.68. The number of halogens is 2. The average molecular weight is 290 g/mol. The van der Waals surface area contributed by atoms with E-state index in [1.165, 1.54) is 12.1 Å². The van der Waals surface area contributed by atoms with Crippen molar-refractivity contribution in [2.24, 2.45) is 0 Å². The maximum Gasteiger partial charge on any atom is 0.262 e. The molecule has 0 aromatic heterocycles. The molecule has 0 saturated heterocycles. The summed E-state index contributed by atoms with van der Waals surface area (Å²) in [7, 11) is 0. The van der Waals surface area contributed by atoms with Crippen molar-refractivity contribution in [1.82, 2.24) is 0 Å². The molecule has 0 atom stereocenters. The van der Waals surface area contributed by atoms with Gasteiger partial charge in [-0.3, -0.25) is 4.79 Å². The number of hydrogen-bond donors (Lipinski definition) is 2. The predicted molar refractivity (Wildman–Crippen MR) is 74.3 cm³/mol. The molecule has 1 amide bonds. The Morgan fingerprint density at radius 3 is 2.67 bits per heavy atom. The van der Waals surface area contributed by atoms with Crippen LogP contribution in [0.25, 0.3) is 0 Å². The van der Waals surface area contributed by atoms with Gasteiger partial charge in [-0.2, -0.15) is 0 Å². The minimum Gasteiger partial charge on any atom is -0.482 e. The molecule has 0 saturated carbocycles. The average Bonchev–Trinajstić information content (AvgIpc) is 2.43. The number of carbonyl (C=O) groups excluding carboxylic acids is 1. The molecule has 6 heteroatoms. The predicted octanol–water partition coefficient (Wildman–Crippen LogP) is 2.91. The Morgan fingerprint density at radius 2 is 1.90 bits per heavy atom. The first-order valence-electron chi connectivity index (χ1n) is 6.36. The van der Waals surface area contributed by atoms with Crippen molar-refractivity contribution in [3.63, 3.8) is 0 Å². The van der Waals surface area contributed by atoms with Crippen LogP contribution in [0.1, 0.15) is 5.56 Å². The van der Waals surface area contributed by atoms with Crippen LogP contribution >= 0.6 is 0 Å². The molecule has 2 aromatic rings. The van der Waals surface area contributed by atoms with E-state index >= 15 is 0 Å². The van der Waals surface area contributed by atoms with Crippen LogP contribution in [0, 0.1) is 11.6 Å². The first-order valence-corrected chi connectivity index (χ1v) is 6.36. The number of rotatable bonds is 3. The lowest BCUT2D eigenvalue weighted by Crippen LogP contribution is -2.25. The van der Waals surface area contributed by atoms with Crippen molar-refractivity contribution < 1.29 is 18.3 Å². The molecule has 0 radical (unpaired) electrons. The van der Waals surface area contributed by atoms with Gasteiger partial charge in [-0.15, -0.1) is 0 Å². The summed E-state index contributed by atoms with van der Waals surface area (Å²) in [6.07, 6.45) is 0. The lowest BCUT2D eigenvalue weighted by molar-refractivity contribution is -0.118. The summed E-state index contributed by atoms with van der Waals surface area (Å²) in [5, 5.41) is 5.73. The van der Waals surface area contributed by atoms with Crippen molar-refractivity contribution in [2.75, 3.05) is 17.2 Å². The quantitative estimate of drug-likeness (QED) is 0.914. The zero-order valence-electron chi connectivity index (χ0n) is 11.0. The van der Waals surface area contributed by atoms with Gasteiger partial charge < -0.3 is 15.4 Å². The van der Waals surface area contributed by atoms with Gasteiger partial charge in [0.15, 0.2) is 6.61 Å². The third-order valence-electron chi connectivity index (χ3n) is 3.03. The summed E-state index contributed by atoms with van der Waals surface area (Å²) < 4.78 is 31.4. The third kappa shape index (κ3) is 3.10. The molecule has 2 N–H and O–H groups in total. The molecule has 108 valence electrons. The monoisotopic (exact) mass is 290 g/mol. The van der Waals surface area contributed by atoms with Gasteiger partial charge in [-0.05, 0) is 35.9 Å². The van der Waals surface area contributed by atoms with Crippen LogP contribution < -0.4 is 15.4 Å². The molecule has 1 aliphatic rings. The SMILES string of the molecule is O=C1COc2ccc(NCc3cc(F)cc(F)c3)cc2N1. The summed E-state index contributed by atoms with van der Waals surface area (Å²) in [6.45, 7) is 0.268.